The number of hydrogen-bond acceptors (Lipinski definition) is 7. The van der Waals surface area contributed by atoms with E-state index >= 15 is 0 Å². The van der Waals surface area contributed by atoms with Crippen molar-refractivity contribution in [2.75, 3.05) is 5.32 Å². The SMILES string of the molecule is CC(C)CC(C(=O)Nc1nnc(-c2cccs2)s1)N1C(=O)c2ccccc2C1=O. The van der Waals surface area contributed by atoms with Crippen LogP contribution >= 0.6 is 22.7 Å². The van der Waals surface area contributed by atoms with Gasteiger partial charge in [-0.25, -0.2) is 0 Å². The van der Waals surface area contributed by atoms with Gasteiger partial charge in [0.25, 0.3) is 11.8 Å². The molecule has 0 saturated carbocycles. The zero-order chi connectivity index (χ0) is 20.5. The summed E-state index contributed by atoms with van der Waals surface area (Å²) in [5, 5.41) is 13.9. The molecule has 3 heterocycles. The van der Waals surface area contributed by atoms with E-state index in [9.17, 15) is 14.4 Å². The summed E-state index contributed by atoms with van der Waals surface area (Å²) in [7, 11) is 0. The van der Waals surface area contributed by atoms with Gasteiger partial charge in [-0.15, -0.1) is 21.5 Å². The molecule has 0 bridgehead atoms. The molecule has 0 spiro atoms. The molecule has 0 aliphatic carbocycles. The summed E-state index contributed by atoms with van der Waals surface area (Å²) in [4.78, 5) is 40.8. The molecular weight excluding hydrogens is 408 g/mol. The monoisotopic (exact) mass is 426 g/mol. The van der Waals surface area contributed by atoms with Gasteiger partial charge in [-0.3, -0.25) is 24.6 Å². The fourth-order valence-electron chi connectivity index (χ4n) is 3.23. The van der Waals surface area contributed by atoms with E-state index in [1.54, 1.807) is 24.3 Å². The first kappa shape index (κ1) is 19.4. The second-order valence-electron chi connectivity index (χ2n) is 7.05. The molecule has 148 valence electrons. The maximum atomic E-state index is 13.1. The zero-order valence-corrected chi connectivity index (χ0v) is 17.4. The number of nitrogens with zero attached hydrogens (tertiary/aromatic N) is 3. The topological polar surface area (TPSA) is 92.3 Å². The lowest BCUT2D eigenvalue weighted by molar-refractivity contribution is -0.120. The molecule has 29 heavy (non-hydrogen) atoms. The fourth-order valence-corrected chi connectivity index (χ4v) is 4.77. The molecular formula is C20H18N4O3S2. The van der Waals surface area contributed by atoms with Crippen LogP contribution in [0.5, 0.6) is 0 Å². The van der Waals surface area contributed by atoms with Crippen LogP contribution in [0.25, 0.3) is 9.88 Å². The van der Waals surface area contributed by atoms with Crippen LogP contribution in [0.4, 0.5) is 5.13 Å². The number of aromatic nitrogens is 2. The summed E-state index contributed by atoms with van der Waals surface area (Å²) in [6.07, 6.45) is 0.355. The van der Waals surface area contributed by atoms with Gasteiger partial charge in [0.2, 0.25) is 11.0 Å². The molecule has 1 aliphatic heterocycles. The van der Waals surface area contributed by atoms with E-state index in [-0.39, 0.29) is 5.92 Å². The highest BCUT2D eigenvalue weighted by Gasteiger charge is 2.42. The van der Waals surface area contributed by atoms with Gasteiger partial charge in [0.1, 0.15) is 6.04 Å². The number of benzene rings is 1. The van der Waals surface area contributed by atoms with Crippen LogP contribution in [0.2, 0.25) is 0 Å². The van der Waals surface area contributed by atoms with Crippen molar-refractivity contribution in [3.8, 4) is 9.88 Å². The predicted octanol–water partition coefficient (Wildman–Crippen LogP) is 3.92. The van der Waals surface area contributed by atoms with Crippen molar-refractivity contribution in [2.24, 2.45) is 5.92 Å². The average Bonchev–Trinajstić information content (AvgIpc) is 3.42. The lowest BCUT2D eigenvalue weighted by Crippen LogP contribution is -2.47. The van der Waals surface area contributed by atoms with E-state index in [1.165, 1.54) is 22.7 Å². The third kappa shape index (κ3) is 3.70. The number of fused-ring (bicyclic) bond motifs is 1. The van der Waals surface area contributed by atoms with Crippen molar-refractivity contribution in [3.63, 3.8) is 0 Å². The number of carbonyl (C=O) groups excluding carboxylic acids is 3. The van der Waals surface area contributed by atoms with Crippen LogP contribution < -0.4 is 5.32 Å². The minimum atomic E-state index is -0.920. The third-order valence-electron chi connectivity index (χ3n) is 4.52. The molecule has 1 aliphatic rings. The summed E-state index contributed by atoms with van der Waals surface area (Å²) in [6, 6.07) is 9.56. The molecule has 3 aromatic rings. The molecule has 2 aromatic heterocycles. The van der Waals surface area contributed by atoms with E-state index in [0.29, 0.717) is 27.7 Å². The molecule has 1 atom stereocenters. The predicted molar refractivity (Wildman–Crippen MR) is 112 cm³/mol. The fraction of sp³-hybridized carbons (Fsp3) is 0.250. The maximum Gasteiger partial charge on any atom is 0.262 e. The van der Waals surface area contributed by atoms with Gasteiger partial charge < -0.3 is 0 Å². The highest BCUT2D eigenvalue weighted by Crippen LogP contribution is 2.31. The minimum absolute atomic E-state index is 0.103. The van der Waals surface area contributed by atoms with Gasteiger partial charge in [-0.1, -0.05) is 43.4 Å². The van der Waals surface area contributed by atoms with Crippen molar-refractivity contribution < 1.29 is 14.4 Å². The van der Waals surface area contributed by atoms with Gasteiger partial charge in [-0.05, 0) is 35.9 Å². The van der Waals surface area contributed by atoms with Crippen molar-refractivity contribution in [2.45, 2.75) is 26.3 Å². The molecule has 0 saturated heterocycles. The molecule has 7 nitrogen and oxygen atoms in total. The quantitative estimate of drug-likeness (QED) is 0.603. The van der Waals surface area contributed by atoms with Crippen molar-refractivity contribution in [3.05, 3.63) is 52.9 Å². The van der Waals surface area contributed by atoms with Crippen LogP contribution in [-0.4, -0.2) is 38.9 Å². The van der Waals surface area contributed by atoms with Crippen LogP contribution in [-0.2, 0) is 4.79 Å². The molecule has 1 unspecified atom stereocenters. The first-order chi connectivity index (χ1) is 14.0. The Morgan fingerprint density at radius 3 is 2.34 bits per heavy atom. The first-order valence-corrected chi connectivity index (χ1v) is 10.8. The Bertz CT molecular complexity index is 1040. The molecule has 1 N–H and O–H groups in total. The highest BCUT2D eigenvalue weighted by atomic mass is 32.1. The summed E-state index contributed by atoms with van der Waals surface area (Å²) in [5.74, 6) is -1.22. The number of anilines is 1. The molecule has 1 aromatic carbocycles. The van der Waals surface area contributed by atoms with E-state index in [0.717, 1.165) is 9.78 Å². The summed E-state index contributed by atoms with van der Waals surface area (Å²) in [5.41, 5.74) is 0.657. The molecule has 9 heteroatoms. The normalized spacial score (nSPS) is 14.4. The lowest BCUT2D eigenvalue weighted by atomic mass is 10.0. The summed E-state index contributed by atoms with van der Waals surface area (Å²) in [6.45, 7) is 3.89. The number of amides is 3. The number of nitrogens with one attached hydrogen (secondary N) is 1. The first-order valence-electron chi connectivity index (χ1n) is 9.11. The Hall–Kier alpha value is -2.91. The van der Waals surface area contributed by atoms with E-state index in [2.05, 4.69) is 15.5 Å². The third-order valence-corrected chi connectivity index (χ3v) is 6.40. The van der Waals surface area contributed by atoms with Gasteiger partial charge in [0, 0.05) is 0 Å². The molecule has 0 fully saturated rings. The second kappa shape index (κ2) is 7.84. The molecule has 4 rings (SSSR count). The smallest absolute Gasteiger partial charge is 0.262 e. The minimum Gasteiger partial charge on any atom is -0.299 e. The summed E-state index contributed by atoms with van der Waals surface area (Å²) >= 11 is 2.79. The van der Waals surface area contributed by atoms with E-state index in [4.69, 9.17) is 0 Å². The average molecular weight is 427 g/mol. The zero-order valence-electron chi connectivity index (χ0n) is 15.8. The second-order valence-corrected chi connectivity index (χ2v) is 8.98. The van der Waals surface area contributed by atoms with Gasteiger partial charge in [0.15, 0.2) is 5.01 Å². The Morgan fingerprint density at radius 2 is 1.76 bits per heavy atom. The standard InChI is InChI=1S/C20H18N4O3S2/c1-11(2)10-14(24-18(26)12-6-3-4-7-13(12)19(24)27)16(25)21-20-23-22-17(29-20)15-8-5-9-28-15/h3-9,11,14H,10H2,1-2H3,(H,21,23,25). The van der Waals surface area contributed by atoms with Gasteiger partial charge in [-0.2, -0.15) is 0 Å². The lowest BCUT2D eigenvalue weighted by Gasteiger charge is -2.26. The molecule has 0 radical (unpaired) electrons. The highest BCUT2D eigenvalue weighted by molar-refractivity contribution is 7.23. The Balaban J connectivity index is 1.58. The van der Waals surface area contributed by atoms with Crippen molar-refractivity contribution >= 4 is 45.5 Å². The summed E-state index contributed by atoms with van der Waals surface area (Å²) < 4.78 is 0. The van der Waals surface area contributed by atoms with E-state index < -0.39 is 23.8 Å². The maximum absolute atomic E-state index is 13.1. The number of rotatable bonds is 6. The number of carbonyl (C=O) groups is 3. The number of hydrogen-bond donors (Lipinski definition) is 1. The number of thiophene rings is 1. The van der Waals surface area contributed by atoms with Crippen LogP contribution in [0.1, 0.15) is 41.0 Å². The van der Waals surface area contributed by atoms with Crippen molar-refractivity contribution in [1.29, 1.82) is 0 Å². The van der Waals surface area contributed by atoms with E-state index in [1.807, 2.05) is 31.4 Å². The Morgan fingerprint density at radius 1 is 1.07 bits per heavy atom. The largest absolute Gasteiger partial charge is 0.299 e. The molecule has 3 amide bonds. The van der Waals surface area contributed by atoms with Crippen LogP contribution in [0.15, 0.2) is 41.8 Å². The number of imide groups is 1. The van der Waals surface area contributed by atoms with Gasteiger partial charge in [0.05, 0.1) is 16.0 Å². The van der Waals surface area contributed by atoms with Crippen LogP contribution in [0, 0.1) is 5.92 Å². The van der Waals surface area contributed by atoms with Gasteiger partial charge >= 0.3 is 0 Å². The Kier molecular flexibility index (Phi) is 5.25. The Labute approximate surface area is 175 Å². The van der Waals surface area contributed by atoms with Crippen molar-refractivity contribution in [1.82, 2.24) is 15.1 Å². The van der Waals surface area contributed by atoms with Crippen LogP contribution in [0.3, 0.4) is 0 Å².